The zero-order valence-electron chi connectivity index (χ0n) is 21.8. The largest absolute Gasteiger partial charge is 0.368 e. The number of hydrogen-bond donors (Lipinski definition) is 2. The van der Waals surface area contributed by atoms with Crippen LogP contribution in [0.2, 0.25) is 0 Å². The van der Waals surface area contributed by atoms with Crippen LogP contribution in [0, 0.1) is 0 Å². The summed E-state index contributed by atoms with van der Waals surface area (Å²) >= 11 is 0. The summed E-state index contributed by atoms with van der Waals surface area (Å²) in [7, 11) is 0. The third kappa shape index (κ3) is 6.89. The Hall–Kier alpha value is -3.21. The molecule has 0 fully saturated rings. The molecule has 4 rings (SSSR count). The Kier molecular flexibility index (Phi) is 8.43. The Labute approximate surface area is 204 Å². The van der Waals surface area contributed by atoms with Crippen LogP contribution in [0.4, 0.5) is 11.6 Å². The first kappa shape index (κ1) is 25.4. The van der Waals surface area contributed by atoms with E-state index in [4.69, 9.17) is 0 Å². The van der Waals surface area contributed by atoms with Crippen molar-refractivity contribution in [3.63, 3.8) is 0 Å². The summed E-state index contributed by atoms with van der Waals surface area (Å²) < 4.78 is 0. The lowest BCUT2D eigenvalue weighted by atomic mass is 10.0. The van der Waals surface area contributed by atoms with Gasteiger partial charge in [0.05, 0.1) is 5.52 Å². The molecule has 0 aliphatic rings. The lowest BCUT2D eigenvalue weighted by Gasteiger charge is -2.11. The highest BCUT2D eigenvalue weighted by atomic mass is 15.0. The minimum Gasteiger partial charge on any atom is -0.368 e. The van der Waals surface area contributed by atoms with E-state index in [9.17, 15) is 0 Å². The van der Waals surface area contributed by atoms with Crippen LogP contribution in [-0.2, 0) is 0 Å². The second kappa shape index (κ2) is 11.3. The molecule has 0 unspecified atom stereocenters. The molecule has 0 atom stereocenters. The van der Waals surface area contributed by atoms with Crippen LogP contribution in [0.5, 0.6) is 0 Å². The molecular formula is C29H39N5. The topological polar surface area (TPSA) is 62.7 Å². The van der Waals surface area contributed by atoms with Gasteiger partial charge in [0.2, 0.25) is 0 Å². The number of nitrogens with one attached hydrogen (secondary N) is 2. The van der Waals surface area contributed by atoms with E-state index in [1.165, 1.54) is 21.9 Å². The van der Waals surface area contributed by atoms with E-state index >= 15 is 0 Å². The molecule has 0 aliphatic carbocycles. The zero-order chi connectivity index (χ0) is 24.8. The first-order valence-electron chi connectivity index (χ1n) is 12.3. The van der Waals surface area contributed by atoms with Crippen LogP contribution in [-0.4, -0.2) is 27.0 Å². The zero-order valence-corrected chi connectivity index (χ0v) is 21.8. The lowest BCUT2D eigenvalue weighted by molar-refractivity contribution is 0.861. The molecule has 34 heavy (non-hydrogen) atoms. The average Bonchev–Trinajstić information content (AvgIpc) is 2.77. The Bertz CT molecular complexity index is 1130. The van der Waals surface area contributed by atoms with Crippen LogP contribution in [0.15, 0.2) is 55.0 Å². The van der Waals surface area contributed by atoms with Gasteiger partial charge in [-0.3, -0.25) is 4.98 Å². The number of fused-ring (bicyclic) bond motifs is 2. The van der Waals surface area contributed by atoms with Crippen molar-refractivity contribution in [2.45, 2.75) is 79.3 Å². The van der Waals surface area contributed by atoms with Gasteiger partial charge in [0.25, 0.3) is 0 Å². The highest BCUT2D eigenvalue weighted by Gasteiger charge is 2.05. The molecule has 0 aliphatic heterocycles. The molecule has 3 heterocycles. The number of benzene rings is 1. The quantitative estimate of drug-likeness (QED) is 0.310. The van der Waals surface area contributed by atoms with E-state index in [1.807, 2.05) is 24.7 Å². The van der Waals surface area contributed by atoms with Crippen LogP contribution < -0.4 is 10.6 Å². The molecule has 0 saturated heterocycles. The molecule has 0 spiro atoms. The smallest absolute Gasteiger partial charge is 0.128 e. The highest BCUT2D eigenvalue weighted by Crippen LogP contribution is 2.23. The molecule has 4 aromatic rings. The maximum atomic E-state index is 4.49. The normalized spacial score (nSPS) is 11.4. The first-order valence-corrected chi connectivity index (χ1v) is 12.3. The van der Waals surface area contributed by atoms with Crippen molar-refractivity contribution >= 4 is 33.3 Å². The maximum Gasteiger partial charge on any atom is 0.128 e. The standard InChI is InChI=1S/C15H20N2.C14H19N3/c1-10(2)12-5-6-13-8-15(17-11(3)4)16-9-14(13)7-12;1-9(2)11-5-12-8-16-14(17-10(3)4)6-13(12)15-7-11/h5-11H,1-4H3,(H,16,17);5-10H,1-4H3,(H,16,17). The van der Waals surface area contributed by atoms with Gasteiger partial charge in [0.15, 0.2) is 0 Å². The van der Waals surface area contributed by atoms with Gasteiger partial charge in [0.1, 0.15) is 11.6 Å². The fourth-order valence-corrected chi connectivity index (χ4v) is 3.62. The summed E-state index contributed by atoms with van der Waals surface area (Å²) in [5.41, 5.74) is 3.61. The van der Waals surface area contributed by atoms with Crippen LogP contribution in [0.3, 0.4) is 0 Å². The van der Waals surface area contributed by atoms with Crippen LogP contribution >= 0.6 is 0 Å². The summed E-state index contributed by atoms with van der Waals surface area (Å²) in [6.07, 6.45) is 5.79. The van der Waals surface area contributed by atoms with E-state index in [2.05, 4.69) is 111 Å². The monoisotopic (exact) mass is 457 g/mol. The summed E-state index contributed by atoms with van der Waals surface area (Å²) in [6, 6.07) is 13.7. The molecule has 0 radical (unpaired) electrons. The summed E-state index contributed by atoms with van der Waals surface area (Å²) in [5.74, 6) is 2.90. The second-order valence-corrected chi connectivity index (χ2v) is 10.1. The van der Waals surface area contributed by atoms with Crippen LogP contribution in [0.25, 0.3) is 21.7 Å². The molecule has 5 nitrogen and oxygen atoms in total. The minimum atomic E-state index is 0.384. The van der Waals surface area contributed by atoms with Gasteiger partial charge in [-0.15, -0.1) is 0 Å². The lowest BCUT2D eigenvalue weighted by Crippen LogP contribution is -2.10. The molecule has 0 amide bonds. The SMILES string of the molecule is CC(C)Nc1cc2ccc(C(C)C)cc2cn1.CC(C)Nc1cc2ncc(C(C)C)cc2cn1. The first-order chi connectivity index (χ1) is 16.1. The molecule has 5 heteroatoms. The van der Waals surface area contributed by atoms with Crippen molar-refractivity contribution in [3.05, 3.63) is 66.1 Å². The Morgan fingerprint density at radius 3 is 1.68 bits per heavy atom. The Morgan fingerprint density at radius 2 is 1.09 bits per heavy atom. The van der Waals surface area contributed by atoms with E-state index in [1.54, 1.807) is 0 Å². The van der Waals surface area contributed by atoms with Crippen molar-refractivity contribution in [2.75, 3.05) is 10.6 Å². The summed E-state index contributed by atoms with van der Waals surface area (Å²) in [6.45, 7) is 17.2. The van der Waals surface area contributed by atoms with E-state index in [0.717, 1.165) is 22.5 Å². The van der Waals surface area contributed by atoms with Gasteiger partial charge < -0.3 is 10.6 Å². The van der Waals surface area contributed by atoms with Crippen molar-refractivity contribution < 1.29 is 0 Å². The molecule has 0 saturated carbocycles. The highest BCUT2D eigenvalue weighted by molar-refractivity contribution is 5.84. The predicted octanol–water partition coefficient (Wildman–Crippen LogP) is 7.75. The number of rotatable bonds is 6. The van der Waals surface area contributed by atoms with E-state index in [0.29, 0.717) is 23.9 Å². The number of hydrogen-bond acceptors (Lipinski definition) is 5. The van der Waals surface area contributed by atoms with Gasteiger partial charge in [-0.2, -0.15) is 0 Å². The number of anilines is 2. The van der Waals surface area contributed by atoms with Crippen molar-refractivity contribution in [2.24, 2.45) is 0 Å². The average molecular weight is 458 g/mol. The third-order valence-corrected chi connectivity index (χ3v) is 5.54. The van der Waals surface area contributed by atoms with Gasteiger partial charge in [0, 0.05) is 47.5 Å². The maximum absolute atomic E-state index is 4.49. The molecule has 0 bridgehead atoms. The molecule has 3 aromatic heterocycles. The van der Waals surface area contributed by atoms with Gasteiger partial charge in [-0.1, -0.05) is 39.8 Å². The third-order valence-electron chi connectivity index (χ3n) is 5.54. The van der Waals surface area contributed by atoms with Crippen LogP contribution in [0.1, 0.15) is 78.4 Å². The Balaban J connectivity index is 0.000000191. The fourth-order valence-electron chi connectivity index (χ4n) is 3.62. The Morgan fingerprint density at radius 1 is 0.529 bits per heavy atom. The van der Waals surface area contributed by atoms with Gasteiger partial charge >= 0.3 is 0 Å². The molecular weight excluding hydrogens is 418 g/mol. The molecule has 180 valence electrons. The second-order valence-electron chi connectivity index (χ2n) is 10.1. The van der Waals surface area contributed by atoms with Gasteiger partial charge in [-0.25, -0.2) is 9.97 Å². The minimum absolute atomic E-state index is 0.384. The summed E-state index contributed by atoms with van der Waals surface area (Å²) in [5, 5.41) is 10.2. The fraction of sp³-hybridized carbons (Fsp3) is 0.414. The molecule has 1 aromatic carbocycles. The predicted molar refractivity (Wildman–Crippen MR) is 147 cm³/mol. The van der Waals surface area contributed by atoms with E-state index < -0.39 is 0 Å². The van der Waals surface area contributed by atoms with Gasteiger partial charge in [-0.05, 0) is 74.2 Å². The van der Waals surface area contributed by atoms with Crippen molar-refractivity contribution in [1.29, 1.82) is 0 Å². The summed E-state index contributed by atoms with van der Waals surface area (Å²) in [4.78, 5) is 13.3. The van der Waals surface area contributed by atoms with Crippen molar-refractivity contribution in [3.8, 4) is 0 Å². The number of nitrogens with zero attached hydrogens (tertiary/aromatic N) is 3. The van der Waals surface area contributed by atoms with E-state index in [-0.39, 0.29) is 0 Å². The number of aromatic nitrogens is 3. The van der Waals surface area contributed by atoms with Crippen molar-refractivity contribution in [1.82, 2.24) is 15.0 Å². The molecule has 2 N–H and O–H groups in total. The number of pyridine rings is 3.